The van der Waals surface area contributed by atoms with Gasteiger partial charge in [-0.1, -0.05) is 6.07 Å². The van der Waals surface area contributed by atoms with Crippen molar-refractivity contribution in [2.75, 3.05) is 19.0 Å². The Balaban J connectivity index is 2.03. The van der Waals surface area contributed by atoms with Crippen LogP contribution >= 0.6 is 0 Å². The molecule has 3 N–H and O–H groups in total. The Morgan fingerprint density at radius 2 is 2.20 bits per heavy atom. The highest BCUT2D eigenvalue weighted by Gasteiger charge is 2.32. The first-order chi connectivity index (χ1) is 11.9. The number of rotatable bonds is 5. The Hall–Kier alpha value is -3.03. The second-order valence-corrected chi connectivity index (χ2v) is 5.94. The van der Waals surface area contributed by atoms with Gasteiger partial charge in [0, 0.05) is 24.9 Å². The van der Waals surface area contributed by atoms with Gasteiger partial charge in [-0.3, -0.25) is 14.3 Å². The van der Waals surface area contributed by atoms with Crippen LogP contribution in [0.3, 0.4) is 0 Å². The largest absolute Gasteiger partial charge is 0.493 e. The fourth-order valence-electron chi connectivity index (χ4n) is 3.17. The molecule has 1 aromatic carbocycles. The molecule has 0 aliphatic carbocycles. The third kappa shape index (κ3) is 3.15. The number of aryl methyl sites for hydroxylation is 2. The zero-order valence-corrected chi connectivity index (χ0v) is 14.3. The molecular weight excluding hydrogens is 324 g/mol. The number of nitrogens with two attached hydrogens (primary N) is 1. The van der Waals surface area contributed by atoms with Crippen LogP contribution in [0.15, 0.2) is 18.2 Å². The lowest BCUT2D eigenvalue weighted by Gasteiger charge is -2.24. The molecule has 132 valence electrons. The van der Waals surface area contributed by atoms with Crippen molar-refractivity contribution in [3.8, 4) is 11.5 Å². The van der Waals surface area contributed by atoms with Gasteiger partial charge in [0.1, 0.15) is 5.82 Å². The number of anilines is 1. The van der Waals surface area contributed by atoms with E-state index in [-0.39, 0.29) is 18.4 Å². The van der Waals surface area contributed by atoms with E-state index in [0.29, 0.717) is 23.7 Å². The van der Waals surface area contributed by atoms with E-state index >= 15 is 0 Å². The summed E-state index contributed by atoms with van der Waals surface area (Å²) >= 11 is 0. The summed E-state index contributed by atoms with van der Waals surface area (Å²) in [5.41, 5.74) is 7.87. The second kappa shape index (κ2) is 6.46. The number of primary amides is 1. The van der Waals surface area contributed by atoms with Crippen molar-refractivity contribution in [2.45, 2.75) is 19.3 Å². The number of fused-ring (bicyclic) bond motifs is 1. The lowest BCUT2D eigenvalue weighted by atomic mass is 9.85. The Kier molecular flexibility index (Phi) is 4.35. The van der Waals surface area contributed by atoms with Gasteiger partial charge < -0.3 is 20.5 Å². The molecule has 25 heavy (non-hydrogen) atoms. The summed E-state index contributed by atoms with van der Waals surface area (Å²) in [6, 6.07) is 5.42. The number of methoxy groups -OCH3 is 1. The lowest BCUT2D eigenvalue weighted by molar-refractivity contribution is -0.120. The van der Waals surface area contributed by atoms with Crippen LogP contribution in [0.1, 0.15) is 29.2 Å². The van der Waals surface area contributed by atoms with Crippen LogP contribution in [0, 0.1) is 6.92 Å². The topological polar surface area (TPSA) is 108 Å². The van der Waals surface area contributed by atoms with Crippen LogP contribution in [-0.4, -0.2) is 35.3 Å². The van der Waals surface area contributed by atoms with Crippen molar-refractivity contribution >= 4 is 17.6 Å². The Bertz CT molecular complexity index is 843. The molecule has 0 spiro atoms. The number of hydrogen-bond acceptors (Lipinski definition) is 5. The summed E-state index contributed by atoms with van der Waals surface area (Å²) in [6.45, 7) is 1.67. The second-order valence-electron chi connectivity index (χ2n) is 5.94. The molecule has 2 aromatic rings. The van der Waals surface area contributed by atoms with E-state index in [0.717, 1.165) is 16.8 Å². The first kappa shape index (κ1) is 16.8. The van der Waals surface area contributed by atoms with Gasteiger partial charge in [0.15, 0.2) is 18.1 Å². The molecule has 0 unspecified atom stereocenters. The summed E-state index contributed by atoms with van der Waals surface area (Å²) in [7, 11) is 3.31. The summed E-state index contributed by atoms with van der Waals surface area (Å²) < 4.78 is 12.4. The lowest BCUT2D eigenvalue weighted by Crippen LogP contribution is -2.25. The molecule has 0 bridgehead atoms. The Labute approximate surface area is 144 Å². The standard InChI is InChI=1S/C17H20N4O4/c1-9-16-11(7-15(23)19-17(16)21(2)20-9)10-4-5-12(24-3)13(6-10)25-8-14(18)22/h4-6,11H,7-8H2,1-3H3,(H2,18,22)(H,19,23)/t11-/m0/s1. The van der Waals surface area contributed by atoms with Crippen molar-refractivity contribution < 1.29 is 19.1 Å². The zero-order valence-electron chi connectivity index (χ0n) is 14.3. The van der Waals surface area contributed by atoms with Gasteiger partial charge in [-0.15, -0.1) is 0 Å². The van der Waals surface area contributed by atoms with Crippen LogP contribution < -0.4 is 20.5 Å². The maximum atomic E-state index is 12.1. The SMILES string of the molecule is COc1ccc([C@@H]2CC(=O)Nc3c2c(C)nn3C)cc1OCC(N)=O. The van der Waals surface area contributed by atoms with E-state index in [1.54, 1.807) is 23.9 Å². The summed E-state index contributed by atoms with van der Waals surface area (Å²) in [6.07, 6.45) is 0.307. The van der Waals surface area contributed by atoms with Crippen LogP contribution in [0.4, 0.5) is 5.82 Å². The fourth-order valence-corrected chi connectivity index (χ4v) is 3.17. The maximum absolute atomic E-state index is 12.1. The van der Waals surface area contributed by atoms with Gasteiger partial charge >= 0.3 is 0 Å². The molecule has 0 saturated heterocycles. The van der Waals surface area contributed by atoms with Crippen LogP contribution in [0.5, 0.6) is 11.5 Å². The number of nitrogens with zero attached hydrogens (tertiary/aromatic N) is 2. The fraction of sp³-hybridized carbons (Fsp3) is 0.353. The van der Waals surface area contributed by atoms with E-state index in [1.807, 2.05) is 13.0 Å². The van der Waals surface area contributed by atoms with Crippen molar-refractivity contribution in [1.29, 1.82) is 0 Å². The zero-order chi connectivity index (χ0) is 18.1. The van der Waals surface area contributed by atoms with Gasteiger partial charge in [-0.05, 0) is 24.6 Å². The van der Waals surface area contributed by atoms with Gasteiger partial charge in [0.2, 0.25) is 5.91 Å². The molecule has 2 amide bonds. The van der Waals surface area contributed by atoms with E-state index in [4.69, 9.17) is 15.2 Å². The highest BCUT2D eigenvalue weighted by atomic mass is 16.5. The van der Waals surface area contributed by atoms with Crippen molar-refractivity contribution in [1.82, 2.24) is 9.78 Å². The molecule has 1 aromatic heterocycles. The maximum Gasteiger partial charge on any atom is 0.255 e. The summed E-state index contributed by atoms with van der Waals surface area (Å²) in [5.74, 6) is 0.806. The average molecular weight is 344 g/mol. The monoisotopic (exact) mass is 344 g/mol. The molecule has 0 saturated carbocycles. The number of carbonyl (C=O) groups excluding carboxylic acids is 2. The number of carbonyl (C=O) groups is 2. The summed E-state index contributed by atoms with van der Waals surface area (Å²) in [5, 5.41) is 7.27. The van der Waals surface area contributed by atoms with Crippen LogP contribution in [0.25, 0.3) is 0 Å². The minimum Gasteiger partial charge on any atom is -0.493 e. The van der Waals surface area contributed by atoms with Gasteiger partial charge in [-0.25, -0.2) is 0 Å². The molecule has 0 fully saturated rings. The van der Waals surface area contributed by atoms with Crippen LogP contribution in [0.2, 0.25) is 0 Å². The average Bonchev–Trinajstić information content (AvgIpc) is 2.86. The quantitative estimate of drug-likeness (QED) is 0.843. The van der Waals surface area contributed by atoms with E-state index < -0.39 is 5.91 Å². The van der Waals surface area contributed by atoms with Gasteiger partial charge in [0.25, 0.3) is 5.91 Å². The number of hydrogen-bond donors (Lipinski definition) is 2. The highest BCUT2D eigenvalue weighted by molar-refractivity contribution is 5.94. The Morgan fingerprint density at radius 1 is 1.44 bits per heavy atom. The summed E-state index contributed by atoms with van der Waals surface area (Å²) in [4.78, 5) is 23.1. The number of aromatic nitrogens is 2. The van der Waals surface area contributed by atoms with Gasteiger partial charge in [0.05, 0.1) is 12.8 Å². The van der Waals surface area contributed by atoms with E-state index in [2.05, 4.69) is 10.4 Å². The highest BCUT2D eigenvalue weighted by Crippen LogP contribution is 2.41. The van der Waals surface area contributed by atoms with Crippen molar-refractivity contribution in [2.24, 2.45) is 12.8 Å². The molecule has 2 heterocycles. The molecule has 1 aliphatic rings. The van der Waals surface area contributed by atoms with E-state index in [9.17, 15) is 9.59 Å². The molecule has 1 aliphatic heterocycles. The van der Waals surface area contributed by atoms with Crippen LogP contribution in [-0.2, 0) is 16.6 Å². The van der Waals surface area contributed by atoms with E-state index in [1.165, 1.54) is 7.11 Å². The third-order valence-electron chi connectivity index (χ3n) is 4.22. The van der Waals surface area contributed by atoms with Crippen molar-refractivity contribution in [3.63, 3.8) is 0 Å². The number of ether oxygens (including phenoxy) is 2. The number of nitrogens with one attached hydrogen (secondary N) is 1. The molecule has 0 radical (unpaired) electrons. The Morgan fingerprint density at radius 3 is 2.88 bits per heavy atom. The van der Waals surface area contributed by atoms with Gasteiger partial charge in [-0.2, -0.15) is 5.10 Å². The molecular formula is C17H20N4O4. The normalized spacial score (nSPS) is 16.1. The first-order valence-corrected chi connectivity index (χ1v) is 7.83. The number of benzene rings is 1. The molecule has 8 heteroatoms. The minimum atomic E-state index is -0.574. The number of amides is 2. The third-order valence-corrected chi connectivity index (χ3v) is 4.22. The smallest absolute Gasteiger partial charge is 0.255 e. The van der Waals surface area contributed by atoms with Crippen molar-refractivity contribution in [3.05, 3.63) is 35.0 Å². The molecule has 3 rings (SSSR count). The first-order valence-electron chi connectivity index (χ1n) is 7.83. The minimum absolute atomic E-state index is 0.0732. The predicted octanol–water partition coefficient (Wildman–Crippen LogP) is 1.08. The molecule has 1 atom stereocenters. The predicted molar refractivity (Wildman–Crippen MR) is 90.7 cm³/mol. The molecule has 8 nitrogen and oxygen atoms in total.